The van der Waals surface area contributed by atoms with Gasteiger partial charge >= 0.3 is 6.03 Å². The third-order valence-corrected chi connectivity index (χ3v) is 6.28. The van der Waals surface area contributed by atoms with E-state index in [1.54, 1.807) is 36.7 Å². The molecule has 2 unspecified atom stereocenters. The fraction of sp³-hybridized carbons (Fsp3) is 0.476. The molecule has 3 rings (SSSR count). The van der Waals surface area contributed by atoms with Crippen molar-refractivity contribution in [3.8, 4) is 11.3 Å². The number of urea groups is 1. The molecule has 0 bridgehead atoms. The minimum atomic E-state index is -1.28. The number of benzene rings is 1. The van der Waals surface area contributed by atoms with Crippen molar-refractivity contribution in [2.75, 3.05) is 6.54 Å². The first kappa shape index (κ1) is 23.4. The van der Waals surface area contributed by atoms with Gasteiger partial charge in [0.15, 0.2) is 0 Å². The number of hydrogen-bond acceptors (Lipinski definition) is 4. The molecule has 1 aromatic heterocycles. The number of rotatable bonds is 3. The molecule has 31 heavy (non-hydrogen) atoms. The molecule has 0 radical (unpaired) electrons. The first-order valence-electron chi connectivity index (χ1n) is 9.80. The molecule has 2 aromatic rings. The second-order valence-corrected chi connectivity index (χ2v) is 10.3. The Balaban J connectivity index is 2.42. The quantitative estimate of drug-likeness (QED) is 0.634. The molecule has 10 heteroatoms. The molecule has 1 aliphatic heterocycles. The molecule has 8 nitrogen and oxygen atoms in total. The van der Waals surface area contributed by atoms with Gasteiger partial charge in [-0.1, -0.05) is 50.0 Å². The van der Waals surface area contributed by atoms with E-state index in [-0.39, 0.29) is 12.1 Å². The smallest absolute Gasteiger partial charge is 0.315 e. The van der Waals surface area contributed by atoms with Gasteiger partial charge < -0.3 is 21.5 Å². The second-order valence-electron chi connectivity index (χ2n) is 9.48. The van der Waals surface area contributed by atoms with Crippen molar-refractivity contribution in [2.24, 2.45) is 16.9 Å². The molecule has 1 aliphatic rings. The third-order valence-electron chi connectivity index (χ3n) is 5.54. The number of aromatic nitrogens is 2. The van der Waals surface area contributed by atoms with Crippen LogP contribution < -0.4 is 11.5 Å². The fourth-order valence-corrected chi connectivity index (χ4v) is 4.47. The highest BCUT2D eigenvalue weighted by atomic mass is 35.5. The van der Waals surface area contributed by atoms with E-state index in [1.165, 1.54) is 4.90 Å². The molecule has 3 amide bonds. The predicted octanol–water partition coefficient (Wildman–Crippen LogP) is 3.75. The molecular formula is C21H27Cl2N5O3. The largest absolute Gasteiger partial charge is 0.388 e. The zero-order valence-corrected chi connectivity index (χ0v) is 19.6. The van der Waals surface area contributed by atoms with Crippen LogP contribution in [0.1, 0.15) is 62.8 Å². The van der Waals surface area contributed by atoms with E-state index < -0.39 is 35.0 Å². The van der Waals surface area contributed by atoms with Crippen LogP contribution in [0.15, 0.2) is 18.2 Å². The molecule has 1 aromatic carbocycles. The van der Waals surface area contributed by atoms with Crippen LogP contribution in [0, 0.1) is 5.41 Å². The standard InChI is InChI=1S/C21H27Cl2N5O3/c1-20(2,3)17-16-14(18(24)29)15(10-6-7-11(22)12(23)8-10)26-28(16)13(21(4,5)31)9-27(17)19(25)30/h6-8,13,17,31H,9H2,1-5H3,(H2,24,29)(H2,25,30). The summed E-state index contributed by atoms with van der Waals surface area (Å²) in [6, 6.07) is 2.96. The van der Waals surface area contributed by atoms with Crippen LogP contribution >= 0.6 is 23.2 Å². The Kier molecular flexibility index (Phi) is 5.80. The van der Waals surface area contributed by atoms with Gasteiger partial charge in [-0.05, 0) is 31.4 Å². The van der Waals surface area contributed by atoms with Gasteiger partial charge in [0, 0.05) is 12.1 Å². The van der Waals surface area contributed by atoms with E-state index in [0.717, 1.165) is 0 Å². The maximum Gasteiger partial charge on any atom is 0.315 e. The van der Waals surface area contributed by atoms with E-state index >= 15 is 0 Å². The lowest BCUT2D eigenvalue weighted by Crippen LogP contribution is -2.55. The molecular weight excluding hydrogens is 441 g/mol. The summed E-state index contributed by atoms with van der Waals surface area (Å²) < 4.78 is 1.60. The average Bonchev–Trinajstić information content (AvgIpc) is 3.00. The van der Waals surface area contributed by atoms with Crippen LogP contribution in [0.25, 0.3) is 11.3 Å². The fourth-order valence-electron chi connectivity index (χ4n) is 4.17. The van der Waals surface area contributed by atoms with Crippen LogP contribution in [0.2, 0.25) is 10.0 Å². The van der Waals surface area contributed by atoms with Crippen LogP contribution in [0.4, 0.5) is 4.79 Å². The molecule has 0 aliphatic carbocycles. The number of primary amides is 2. The van der Waals surface area contributed by atoms with Gasteiger partial charge in [-0.3, -0.25) is 9.48 Å². The van der Waals surface area contributed by atoms with Crippen molar-refractivity contribution in [1.29, 1.82) is 0 Å². The number of fused-ring (bicyclic) bond motifs is 1. The van der Waals surface area contributed by atoms with Crippen molar-refractivity contribution in [3.05, 3.63) is 39.5 Å². The molecule has 0 fully saturated rings. The topological polar surface area (TPSA) is 127 Å². The molecule has 168 valence electrons. The number of hydrogen-bond donors (Lipinski definition) is 3. The van der Waals surface area contributed by atoms with Gasteiger partial charge in [-0.25, -0.2) is 4.79 Å². The molecule has 0 saturated carbocycles. The van der Waals surface area contributed by atoms with Crippen molar-refractivity contribution >= 4 is 35.1 Å². The Morgan fingerprint density at radius 2 is 1.74 bits per heavy atom. The van der Waals surface area contributed by atoms with Crippen molar-refractivity contribution in [3.63, 3.8) is 0 Å². The van der Waals surface area contributed by atoms with E-state index in [0.29, 0.717) is 27.0 Å². The Morgan fingerprint density at radius 3 is 2.19 bits per heavy atom. The third kappa shape index (κ3) is 4.12. The summed E-state index contributed by atoms with van der Waals surface area (Å²) in [6.45, 7) is 9.14. The van der Waals surface area contributed by atoms with Gasteiger partial charge in [0.25, 0.3) is 5.91 Å². The van der Waals surface area contributed by atoms with Crippen LogP contribution in [-0.2, 0) is 0 Å². The highest BCUT2D eigenvalue weighted by Crippen LogP contribution is 2.47. The summed E-state index contributed by atoms with van der Waals surface area (Å²) in [5.74, 6) is -0.711. The summed E-state index contributed by atoms with van der Waals surface area (Å²) in [7, 11) is 0. The highest BCUT2D eigenvalue weighted by Gasteiger charge is 2.48. The summed E-state index contributed by atoms with van der Waals surface area (Å²) in [5.41, 5.74) is 11.2. The van der Waals surface area contributed by atoms with Crippen LogP contribution in [-0.4, -0.2) is 43.9 Å². The Labute approximate surface area is 191 Å². The summed E-state index contributed by atoms with van der Waals surface area (Å²) >= 11 is 12.2. The van der Waals surface area contributed by atoms with Gasteiger partial charge in [0.2, 0.25) is 0 Å². The average molecular weight is 468 g/mol. The maximum atomic E-state index is 12.7. The van der Waals surface area contributed by atoms with Crippen LogP contribution in [0.5, 0.6) is 0 Å². The lowest BCUT2D eigenvalue weighted by molar-refractivity contribution is -0.0248. The van der Waals surface area contributed by atoms with Crippen molar-refractivity contribution in [2.45, 2.75) is 52.3 Å². The Hall–Kier alpha value is -2.29. The number of amides is 3. The zero-order valence-electron chi connectivity index (χ0n) is 18.1. The molecule has 2 heterocycles. The number of aliphatic hydroxyl groups is 1. The van der Waals surface area contributed by atoms with E-state index in [2.05, 4.69) is 0 Å². The second kappa shape index (κ2) is 7.69. The lowest BCUT2D eigenvalue weighted by atomic mass is 9.79. The SMILES string of the molecule is CC(C)(C)C1c2c(C(N)=O)c(-c3ccc(Cl)c(Cl)c3)nn2C(C(C)(C)O)CN1C(N)=O. The number of carbonyl (C=O) groups excluding carboxylic acids is 2. The summed E-state index contributed by atoms with van der Waals surface area (Å²) in [4.78, 5) is 26.6. The lowest BCUT2D eigenvalue weighted by Gasteiger charge is -2.47. The molecule has 2 atom stereocenters. The monoisotopic (exact) mass is 467 g/mol. The normalized spacial score (nSPS) is 19.3. The van der Waals surface area contributed by atoms with E-state index in [1.807, 2.05) is 20.8 Å². The minimum absolute atomic E-state index is 0.120. The van der Waals surface area contributed by atoms with Gasteiger partial charge in [0.1, 0.15) is 5.69 Å². The predicted molar refractivity (Wildman–Crippen MR) is 120 cm³/mol. The number of nitrogens with two attached hydrogens (primary N) is 2. The van der Waals surface area contributed by atoms with Crippen molar-refractivity contribution < 1.29 is 14.7 Å². The summed E-state index contributed by atoms with van der Waals surface area (Å²) in [6.07, 6.45) is 0. The molecule has 5 N–H and O–H groups in total. The molecule has 0 spiro atoms. The van der Waals surface area contributed by atoms with Crippen LogP contribution in [0.3, 0.4) is 0 Å². The highest BCUT2D eigenvalue weighted by molar-refractivity contribution is 6.42. The minimum Gasteiger partial charge on any atom is -0.388 e. The molecule has 0 saturated heterocycles. The first-order chi connectivity index (χ1) is 14.1. The van der Waals surface area contributed by atoms with Gasteiger partial charge in [-0.2, -0.15) is 5.10 Å². The maximum absolute atomic E-state index is 12.7. The zero-order chi connectivity index (χ0) is 23.5. The van der Waals surface area contributed by atoms with Crippen molar-refractivity contribution in [1.82, 2.24) is 14.7 Å². The number of nitrogens with zero attached hydrogens (tertiary/aromatic N) is 3. The van der Waals surface area contributed by atoms with E-state index in [4.69, 9.17) is 39.8 Å². The van der Waals surface area contributed by atoms with Gasteiger partial charge in [0.05, 0.1) is 39.0 Å². The Bertz CT molecular complexity index is 1050. The summed E-state index contributed by atoms with van der Waals surface area (Å²) in [5, 5.41) is 16.2. The number of carbonyl (C=O) groups is 2. The first-order valence-corrected chi connectivity index (χ1v) is 10.6. The van der Waals surface area contributed by atoms with Gasteiger partial charge in [-0.15, -0.1) is 0 Å². The number of halogens is 2. The van der Waals surface area contributed by atoms with E-state index in [9.17, 15) is 14.7 Å². The Morgan fingerprint density at radius 1 is 1.13 bits per heavy atom.